The lowest BCUT2D eigenvalue weighted by molar-refractivity contribution is -0.148. The van der Waals surface area contributed by atoms with E-state index >= 15 is 0 Å². The number of nitrogens with one attached hydrogen (secondary N) is 1. The van der Waals surface area contributed by atoms with E-state index in [0.717, 1.165) is 12.8 Å². The van der Waals surface area contributed by atoms with Gasteiger partial charge in [-0.15, -0.1) is 11.6 Å². The van der Waals surface area contributed by atoms with Gasteiger partial charge in [-0.1, -0.05) is 19.3 Å². The van der Waals surface area contributed by atoms with Gasteiger partial charge in [0.05, 0.1) is 19.8 Å². The highest BCUT2D eigenvalue weighted by Gasteiger charge is 2.32. The molecule has 1 aliphatic heterocycles. The third kappa shape index (κ3) is 3.59. The molecule has 1 saturated carbocycles. The fourth-order valence-corrected chi connectivity index (χ4v) is 3.05. The third-order valence-electron chi connectivity index (χ3n) is 3.94. The van der Waals surface area contributed by atoms with Crippen molar-refractivity contribution in [3.8, 4) is 0 Å². The Balaban J connectivity index is 1.79. The molecule has 2 rings (SSSR count). The fraction of sp³-hybridized carbons (Fsp3) is 0.923. The van der Waals surface area contributed by atoms with Gasteiger partial charge in [0, 0.05) is 17.8 Å². The highest BCUT2D eigenvalue weighted by atomic mass is 35.5. The summed E-state index contributed by atoms with van der Waals surface area (Å²) >= 11 is 6.10. The van der Waals surface area contributed by atoms with Gasteiger partial charge in [0.15, 0.2) is 6.10 Å². The van der Waals surface area contributed by atoms with Crippen molar-refractivity contribution in [1.29, 1.82) is 0 Å². The van der Waals surface area contributed by atoms with Crippen molar-refractivity contribution in [2.75, 3.05) is 32.2 Å². The summed E-state index contributed by atoms with van der Waals surface area (Å²) in [6, 6.07) is 0. The molecule has 1 N–H and O–H groups in total. The molecule has 0 bridgehead atoms. The molecule has 1 amide bonds. The summed E-state index contributed by atoms with van der Waals surface area (Å²) in [4.78, 5) is 11.9. The summed E-state index contributed by atoms with van der Waals surface area (Å²) in [5, 5.41) is 2.99. The Morgan fingerprint density at radius 3 is 2.67 bits per heavy atom. The average Bonchev–Trinajstić information content (AvgIpc) is 2.47. The van der Waals surface area contributed by atoms with Crippen molar-refractivity contribution in [2.45, 2.75) is 38.2 Å². The normalized spacial score (nSPS) is 27.7. The van der Waals surface area contributed by atoms with Gasteiger partial charge < -0.3 is 14.8 Å². The van der Waals surface area contributed by atoms with E-state index in [9.17, 15) is 4.79 Å². The van der Waals surface area contributed by atoms with Crippen molar-refractivity contribution in [1.82, 2.24) is 5.32 Å². The van der Waals surface area contributed by atoms with Crippen LogP contribution in [0.4, 0.5) is 0 Å². The average molecular weight is 276 g/mol. The number of carbonyl (C=O) groups excluding carboxylic acids is 1. The number of carbonyl (C=O) groups is 1. The van der Waals surface area contributed by atoms with Crippen molar-refractivity contribution in [2.24, 2.45) is 5.41 Å². The van der Waals surface area contributed by atoms with Crippen LogP contribution in [-0.2, 0) is 14.3 Å². The van der Waals surface area contributed by atoms with Crippen molar-refractivity contribution in [3.63, 3.8) is 0 Å². The predicted molar refractivity (Wildman–Crippen MR) is 69.8 cm³/mol. The van der Waals surface area contributed by atoms with Gasteiger partial charge in [0.2, 0.25) is 0 Å². The van der Waals surface area contributed by atoms with Crippen LogP contribution in [0.15, 0.2) is 0 Å². The molecule has 4 nitrogen and oxygen atoms in total. The van der Waals surface area contributed by atoms with E-state index in [1.165, 1.54) is 19.3 Å². The lowest BCUT2D eigenvalue weighted by atomic mass is 9.75. The molecule has 2 aliphatic rings. The summed E-state index contributed by atoms with van der Waals surface area (Å²) < 4.78 is 10.6. The molecule has 1 aliphatic carbocycles. The molecule has 5 heteroatoms. The smallest absolute Gasteiger partial charge is 0.251 e. The number of hydrogen-bond acceptors (Lipinski definition) is 3. The Hall–Kier alpha value is -0.320. The van der Waals surface area contributed by atoms with Crippen LogP contribution < -0.4 is 5.32 Å². The first kappa shape index (κ1) is 14.1. The maximum Gasteiger partial charge on any atom is 0.251 e. The highest BCUT2D eigenvalue weighted by Crippen LogP contribution is 2.36. The van der Waals surface area contributed by atoms with E-state index in [1.807, 2.05) is 0 Å². The number of ether oxygens (including phenoxy) is 2. The van der Waals surface area contributed by atoms with Crippen LogP contribution in [0.1, 0.15) is 32.1 Å². The molecule has 0 spiro atoms. The monoisotopic (exact) mass is 275 g/mol. The van der Waals surface area contributed by atoms with Gasteiger partial charge in [0.25, 0.3) is 5.91 Å². The molecule has 0 aromatic heterocycles. The molecule has 0 aromatic rings. The summed E-state index contributed by atoms with van der Waals surface area (Å²) in [5.41, 5.74) is 0.0883. The van der Waals surface area contributed by atoms with Crippen molar-refractivity contribution in [3.05, 3.63) is 0 Å². The van der Waals surface area contributed by atoms with Gasteiger partial charge >= 0.3 is 0 Å². The van der Waals surface area contributed by atoms with Crippen molar-refractivity contribution >= 4 is 17.5 Å². The third-order valence-corrected chi connectivity index (χ3v) is 4.51. The van der Waals surface area contributed by atoms with E-state index in [-0.39, 0.29) is 11.3 Å². The van der Waals surface area contributed by atoms with Gasteiger partial charge in [-0.2, -0.15) is 0 Å². The summed E-state index contributed by atoms with van der Waals surface area (Å²) in [6.07, 6.45) is 5.48. The van der Waals surface area contributed by atoms with Crippen LogP contribution in [0.2, 0.25) is 0 Å². The van der Waals surface area contributed by atoms with Gasteiger partial charge in [-0.05, 0) is 12.8 Å². The van der Waals surface area contributed by atoms with Gasteiger partial charge in [0.1, 0.15) is 0 Å². The van der Waals surface area contributed by atoms with Gasteiger partial charge in [-0.25, -0.2) is 0 Å². The molecule has 0 aromatic carbocycles. The van der Waals surface area contributed by atoms with E-state index in [2.05, 4.69) is 5.32 Å². The van der Waals surface area contributed by atoms with Crippen LogP contribution >= 0.6 is 11.6 Å². The largest absolute Gasteiger partial charge is 0.376 e. The van der Waals surface area contributed by atoms with E-state index < -0.39 is 6.10 Å². The molecule has 18 heavy (non-hydrogen) atoms. The maximum atomic E-state index is 11.9. The first-order valence-electron chi connectivity index (χ1n) is 6.79. The molecule has 1 saturated heterocycles. The highest BCUT2D eigenvalue weighted by molar-refractivity contribution is 6.18. The molecule has 0 radical (unpaired) electrons. The SMILES string of the molecule is O=C(NCC1(CCl)CCCCC1)C1COCCO1. The number of amides is 1. The molecular formula is C13H22ClNO3. The van der Waals surface area contributed by atoms with Crippen LogP contribution in [-0.4, -0.2) is 44.3 Å². The lowest BCUT2D eigenvalue weighted by Gasteiger charge is -2.36. The minimum absolute atomic E-state index is 0.0650. The Bertz CT molecular complexity index is 273. The minimum Gasteiger partial charge on any atom is -0.376 e. The Morgan fingerprint density at radius 2 is 2.06 bits per heavy atom. The zero-order valence-corrected chi connectivity index (χ0v) is 11.5. The molecule has 1 heterocycles. The Labute approximate surface area is 113 Å². The number of hydrogen-bond donors (Lipinski definition) is 1. The molecular weight excluding hydrogens is 254 g/mol. The summed E-state index contributed by atoms with van der Waals surface area (Å²) in [5.74, 6) is 0.555. The van der Waals surface area contributed by atoms with Crippen molar-refractivity contribution < 1.29 is 14.3 Å². The number of alkyl halides is 1. The molecule has 2 fully saturated rings. The van der Waals surface area contributed by atoms with Crippen LogP contribution in [0.5, 0.6) is 0 Å². The molecule has 1 unspecified atom stereocenters. The number of halogens is 1. The zero-order valence-electron chi connectivity index (χ0n) is 10.8. The van der Waals surface area contributed by atoms with Crippen LogP contribution in [0.3, 0.4) is 0 Å². The fourth-order valence-electron chi connectivity index (χ4n) is 2.69. The summed E-state index contributed by atoms with van der Waals surface area (Å²) in [6.45, 7) is 2.10. The van der Waals surface area contributed by atoms with Crippen LogP contribution in [0.25, 0.3) is 0 Å². The first-order valence-corrected chi connectivity index (χ1v) is 7.32. The van der Waals surface area contributed by atoms with E-state index in [4.69, 9.17) is 21.1 Å². The second-order valence-electron chi connectivity index (χ2n) is 5.35. The Kier molecular flexibility index (Phi) is 5.27. The van der Waals surface area contributed by atoms with E-state index in [1.54, 1.807) is 0 Å². The minimum atomic E-state index is -0.449. The Morgan fingerprint density at radius 1 is 1.28 bits per heavy atom. The topological polar surface area (TPSA) is 47.6 Å². The van der Waals surface area contributed by atoms with Crippen LogP contribution in [0, 0.1) is 5.41 Å². The molecule has 104 valence electrons. The second kappa shape index (κ2) is 6.73. The predicted octanol–water partition coefficient (Wildman–Crippen LogP) is 1.71. The second-order valence-corrected chi connectivity index (χ2v) is 5.61. The lowest BCUT2D eigenvalue weighted by Crippen LogP contribution is -2.47. The zero-order chi connectivity index (χ0) is 12.8. The standard InChI is InChI=1S/C13H22ClNO3/c14-9-13(4-2-1-3-5-13)10-15-12(16)11-8-17-6-7-18-11/h11H,1-10H2,(H,15,16). The van der Waals surface area contributed by atoms with E-state index in [0.29, 0.717) is 32.2 Å². The summed E-state index contributed by atoms with van der Waals surface area (Å²) in [7, 11) is 0. The first-order chi connectivity index (χ1) is 8.76. The molecule has 1 atom stereocenters. The van der Waals surface area contributed by atoms with Gasteiger partial charge in [-0.3, -0.25) is 4.79 Å². The quantitative estimate of drug-likeness (QED) is 0.795. The maximum absolute atomic E-state index is 11.9. The number of rotatable bonds is 4.